The molecule has 0 bridgehead atoms. The van der Waals surface area contributed by atoms with E-state index in [2.05, 4.69) is 4.74 Å². The van der Waals surface area contributed by atoms with Crippen LogP contribution in [0.2, 0.25) is 4.34 Å². The Morgan fingerprint density at radius 3 is 3.08 bits per heavy atom. The van der Waals surface area contributed by atoms with Crippen LogP contribution in [0.25, 0.3) is 6.08 Å². The molecule has 13 heavy (non-hydrogen) atoms. The summed E-state index contributed by atoms with van der Waals surface area (Å²) in [7, 11) is 1.37. The summed E-state index contributed by atoms with van der Waals surface area (Å²) in [4.78, 5) is 10.7. The fraction of sp³-hybridized carbons (Fsp3) is 0.222. The summed E-state index contributed by atoms with van der Waals surface area (Å²) in [5.74, 6) is -0.248. The van der Waals surface area contributed by atoms with E-state index in [1.165, 1.54) is 18.4 Å². The van der Waals surface area contributed by atoms with E-state index in [-0.39, 0.29) is 12.4 Å². The van der Waals surface area contributed by atoms with Crippen LogP contribution in [0.15, 0.2) is 17.5 Å². The molecular weight excluding hydrogens is 208 g/mol. The molecule has 1 heterocycles. The SMILES string of the molecule is COC(=O)CC=Cc1ccsc1Cl. The summed E-state index contributed by atoms with van der Waals surface area (Å²) < 4.78 is 5.22. The maximum absolute atomic E-state index is 10.7. The zero-order valence-corrected chi connectivity index (χ0v) is 8.69. The van der Waals surface area contributed by atoms with Crippen molar-refractivity contribution in [3.63, 3.8) is 0 Å². The highest BCUT2D eigenvalue weighted by atomic mass is 35.5. The Balaban J connectivity index is 2.50. The van der Waals surface area contributed by atoms with E-state index in [9.17, 15) is 4.79 Å². The molecule has 0 aromatic carbocycles. The van der Waals surface area contributed by atoms with Crippen molar-refractivity contribution in [2.24, 2.45) is 0 Å². The van der Waals surface area contributed by atoms with Crippen molar-refractivity contribution in [3.8, 4) is 0 Å². The Hall–Kier alpha value is -0.800. The second-order valence-corrected chi connectivity index (χ2v) is 3.85. The third-order valence-electron chi connectivity index (χ3n) is 1.46. The normalized spacial score (nSPS) is 10.6. The molecule has 0 radical (unpaired) electrons. The standard InChI is InChI=1S/C9H9ClO2S/c1-12-8(11)4-2-3-7-5-6-13-9(7)10/h2-3,5-6H,4H2,1H3. The average Bonchev–Trinajstić information content (AvgIpc) is 2.52. The molecule has 4 heteroatoms. The van der Waals surface area contributed by atoms with Gasteiger partial charge in [0.25, 0.3) is 0 Å². The maximum Gasteiger partial charge on any atom is 0.309 e. The van der Waals surface area contributed by atoms with Crippen molar-refractivity contribution < 1.29 is 9.53 Å². The molecule has 70 valence electrons. The monoisotopic (exact) mass is 216 g/mol. The fourth-order valence-electron chi connectivity index (χ4n) is 0.787. The van der Waals surface area contributed by atoms with Gasteiger partial charge in [-0.3, -0.25) is 4.79 Å². The number of hydrogen-bond donors (Lipinski definition) is 0. The van der Waals surface area contributed by atoms with Crippen LogP contribution in [-0.4, -0.2) is 13.1 Å². The van der Waals surface area contributed by atoms with E-state index in [1.807, 2.05) is 17.5 Å². The van der Waals surface area contributed by atoms with Crippen LogP contribution < -0.4 is 0 Å². The van der Waals surface area contributed by atoms with Gasteiger partial charge in [-0.15, -0.1) is 11.3 Å². The first-order chi connectivity index (χ1) is 6.24. The Bertz CT molecular complexity index is 317. The molecular formula is C9H9ClO2S. The van der Waals surface area contributed by atoms with E-state index >= 15 is 0 Å². The summed E-state index contributed by atoms with van der Waals surface area (Å²) in [6, 6.07) is 1.90. The number of thiophene rings is 1. The van der Waals surface area contributed by atoms with Gasteiger partial charge in [-0.1, -0.05) is 23.8 Å². The third kappa shape index (κ3) is 3.20. The van der Waals surface area contributed by atoms with E-state index in [0.717, 1.165) is 9.90 Å². The fourth-order valence-corrected chi connectivity index (χ4v) is 1.67. The summed E-state index contributed by atoms with van der Waals surface area (Å²) in [5.41, 5.74) is 0.940. The van der Waals surface area contributed by atoms with Gasteiger partial charge in [0.15, 0.2) is 0 Å². The van der Waals surface area contributed by atoms with Crippen molar-refractivity contribution >= 4 is 35.0 Å². The van der Waals surface area contributed by atoms with Crippen molar-refractivity contribution in [1.29, 1.82) is 0 Å². The zero-order chi connectivity index (χ0) is 9.68. The predicted molar refractivity (Wildman–Crippen MR) is 55.0 cm³/mol. The lowest BCUT2D eigenvalue weighted by molar-refractivity contribution is -0.139. The number of methoxy groups -OCH3 is 1. The van der Waals surface area contributed by atoms with E-state index in [0.29, 0.717) is 0 Å². The number of carbonyl (C=O) groups excluding carboxylic acids is 1. The van der Waals surface area contributed by atoms with Crippen molar-refractivity contribution in [1.82, 2.24) is 0 Å². The Morgan fingerprint density at radius 2 is 2.54 bits per heavy atom. The molecule has 0 spiro atoms. The minimum absolute atomic E-state index is 0.248. The highest BCUT2D eigenvalue weighted by molar-refractivity contribution is 7.14. The van der Waals surface area contributed by atoms with Crippen molar-refractivity contribution in [2.45, 2.75) is 6.42 Å². The van der Waals surface area contributed by atoms with Gasteiger partial charge in [0, 0.05) is 5.56 Å². The van der Waals surface area contributed by atoms with Gasteiger partial charge in [0.05, 0.1) is 13.5 Å². The van der Waals surface area contributed by atoms with Crippen LogP contribution in [-0.2, 0) is 9.53 Å². The first-order valence-corrected chi connectivity index (χ1v) is 4.96. The third-order valence-corrected chi connectivity index (χ3v) is 2.66. The number of rotatable bonds is 3. The summed E-state index contributed by atoms with van der Waals surface area (Å²) in [6.07, 6.45) is 3.83. The van der Waals surface area contributed by atoms with Gasteiger partial charge in [-0.2, -0.15) is 0 Å². The molecule has 0 saturated carbocycles. The molecule has 1 aromatic heterocycles. The summed E-state index contributed by atoms with van der Waals surface area (Å²) >= 11 is 7.31. The number of hydrogen-bond acceptors (Lipinski definition) is 3. The lowest BCUT2D eigenvalue weighted by Gasteiger charge is -1.91. The minimum Gasteiger partial charge on any atom is -0.469 e. The molecule has 0 unspecified atom stereocenters. The molecule has 0 aliphatic carbocycles. The van der Waals surface area contributed by atoms with E-state index in [1.54, 1.807) is 6.08 Å². The molecule has 2 nitrogen and oxygen atoms in total. The highest BCUT2D eigenvalue weighted by Gasteiger charge is 1.97. The Morgan fingerprint density at radius 1 is 1.77 bits per heavy atom. The number of esters is 1. The number of carbonyl (C=O) groups is 1. The van der Waals surface area contributed by atoms with Crippen molar-refractivity contribution in [2.75, 3.05) is 7.11 Å². The lowest BCUT2D eigenvalue weighted by atomic mass is 10.3. The number of halogens is 1. The summed E-state index contributed by atoms with van der Waals surface area (Å²) in [5, 5.41) is 1.90. The highest BCUT2D eigenvalue weighted by Crippen LogP contribution is 2.23. The molecule has 0 fully saturated rings. The van der Waals surface area contributed by atoms with Gasteiger partial charge < -0.3 is 4.74 Å². The first-order valence-electron chi connectivity index (χ1n) is 3.70. The molecule has 0 atom stereocenters. The van der Waals surface area contributed by atoms with Gasteiger partial charge in [-0.05, 0) is 11.4 Å². The Kier molecular flexibility index (Phi) is 3.99. The minimum atomic E-state index is -0.248. The van der Waals surface area contributed by atoms with Gasteiger partial charge in [0.1, 0.15) is 4.34 Å². The van der Waals surface area contributed by atoms with Crippen LogP contribution in [0.3, 0.4) is 0 Å². The first kappa shape index (κ1) is 10.3. The van der Waals surface area contributed by atoms with Crippen LogP contribution in [0.1, 0.15) is 12.0 Å². The number of ether oxygens (including phenoxy) is 1. The summed E-state index contributed by atoms with van der Waals surface area (Å²) in [6.45, 7) is 0. The molecule has 0 N–H and O–H groups in total. The van der Waals surface area contributed by atoms with Gasteiger partial charge in [-0.25, -0.2) is 0 Å². The largest absolute Gasteiger partial charge is 0.469 e. The smallest absolute Gasteiger partial charge is 0.309 e. The molecule has 0 aliphatic heterocycles. The molecule has 1 aromatic rings. The quantitative estimate of drug-likeness (QED) is 0.727. The second kappa shape index (κ2) is 5.04. The van der Waals surface area contributed by atoms with Gasteiger partial charge >= 0.3 is 5.97 Å². The predicted octanol–water partition coefficient (Wildman–Crippen LogP) is 2.98. The van der Waals surface area contributed by atoms with Crippen LogP contribution in [0, 0.1) is 0 Å². The zero-order valence-electron chi connectivity index (χ0n) is 7.12. The lowest BCUT2D eigenvalue weighted by Crippen LogP contribution is -1.96. The van der Waals surface area contributed by atoms with Crippen molar-refractivity contribution in [3.05, 3.63) is 27.4 Å². The van der Waals surface area contributed by atoms with E-state index in [4.69, 9.17) is 11.6 Å². The maximum atomic E-state index is 10.7. The molecule has 0 saturated heterocycles. The van der Waals surface area contributed by atoms with Gasteiger partial charge in [0.2, 0.25) is 0 Å². The molecule has 1 rings (SSSR count). The van der Waals surface area contributed by atoms with Crippen LogP contribution in [0.4, 0.5) is 0 Å². The van der Waals surface area contributed by atoms with E-state index < -0.39 is 0 Å². The second-order valence-electron chi connectivity index (χ2n) is 2.33. The average molecular weight is 217 g/mol. The molecule has 0 aliphatic rings. The Labute approximate surface area is 85.8 Å². The topological polar surface area (TPSA) is 26.3 Å². The molecule has 0 amide bonds. The van der Waals surface area contributed by atoms with Crippen LogP contribution in [0.5, 0.6) is 0 Å². The van der Waals surface area contributed by atoms with Crippen LogP contribution >= 0.6 is 22.9 Å².